The molecular weight excluding hydrogens is 765 g/mol. The van der Waals surface area contributed by atoms with Crippen molar-refractivity contribution in [3.05, 3.63) is 151 Å². The summed E-state index contributed by atoms with van der Waals surface area (Å²) in [6.07, 6.45) is 12.1. The first-order valence-corrected chi connectivity index (χ1v) is 21.9. The summed E-state index contributed by atoms with van der Waals surface area (Å²) in [5.74, 6) is 0.315. The molecular formula is C50H52N6O5. The summed E-state index contributed by atoms with van der Waals surface area (Å²) in [4.78, 5) is 47.2. The van der Waals surface area contributed by atoms with Crippen molar-refractivity contribution in [1.82, 2.24) is 25.7 Å². The highest BCUT2D eigenvalue weighted by Gasteiger charge is 2.55. The second kappa shape index (κ2) is 15.5. The molecule has 0 saturated heterocycles. The fourth-order valence-electron chi connectivity index (χ4n) is 11.9. The number of amides is 1. The van der Waals surface area contributed by atoms with E-state index in [2.05, 4.69) is 50.0 Å². The standard InChI is InChI=1S/C25H25N3O2.C15H17N3O.C10H10O2/c29-23(17-9-15-5-1-2-6-16(15)10-17)26-19-13-25(14-19)11-18(12-25)22-20-7-3-4-8-21(20)24(30)28-27-22;16-10-7-15(8-10)5-9(6-15)13-11-3-1-2-4-12(11)14(19)18-17-13;11-10(12)9-5-7-3-1-2-4-8(7)6-9/h1-8,17-19H,9-14H2,(H,26,29)(H,28,30);1-4,9-10H,5-8,16H2,(H,18,19);1-4,9H,5-6H2,(H,11,12). The van der Waals surface area contributed by atoms with Crippen LogP contribution < -0.4 is 22.2 Å². The van der Waals surface area contributed by atoms with Gasteiger partial charge in [-0.25, -0.2) is 10.2 Å². The van der Waals surface area contributed by atoms with E-state index in [9.17, 15) is 19.2 Å². The van der Waals surface area contributed by atoms with E-state index in [1.54, 1.807) is 0 Å². The zero-order valence-corrected chi connectivity index (χ0v) is 34.2. The van der Waals surface area contributed by atoms with E-state index in [1.165, 1.54) is 35.1 Å². The third kappa shape index (κ3) is 7.47. The number of carbonyl (C=O) groups excluding carboxylic acids is 1. The number of carboxylic acid groups (broad SMARTS) is 1. The van der Waals surface area contributed by atoms with Gasteiger partial charge in [-0.05, 0) is 122 Å². The van der Waals surface area contributed by atoms with E-state index in [4.69, 9.17) is 10.8 Å². The first-order valence-electron chi connectivity index (χ1n) is 21.9. The number of rotatable bonds is 5. The van der Waals surface area contributed by atoms with Gasteiger partial charge in [0.05, 0.1) is 28.1 Å². The minimum Gasteiger partial charge on any atom is -0.481 e. The number of hydrogen-bond acceptors (Lipinski definition) is 7. The molecule has 0 atom stereocenters. The van der Waals surface area contributed by atoms with Crippen molar-refractivity contribution in [2.75, 3.05) is 0 Å². The molecule has 61 heavy (non-hydrogen) atoms. The lowest BCUT2D eigenvalue weighted by atomic mass is 9.49. The van der Waals surface area contributed by atoms with Crippen LogP contribution in [-0.4, -0.2) is 49.5 Å². The van der Waals surface area contributed by atoms with Crippen molar-refractivity contribution < 1.29 is 14.7 Å². The molecule has 6 aliphatic rings. The summed E-state index contributed by atoms with van der Waals surface area (Å²) in [5, 5.41) is 29.5. The lowest BCUT2D eigenvalue weighted by Gasteiger charge is -2.57. The third-order valence-electron chi connectivity index (χ3n) is 14.9. The number of aromatic nitrogens is 4. The minimum atomic E-state index is -0.675. The highest BCUT2D eigenvalue weighted by molar-refractivity contribution is 5.85. The molecule has 11 nitrogen and oxygen atoms in total. The largest absolute Gasteiger partial charge is 0.481 e. The molecule has 11 heteroatoms. The number of benzene rings is 4. The van der Waals surface area contributed by atoms with Crippen molar-refractivity contribution in [2.45, 2.75) is 101 Å². The summed E-state index contributed by atoms with van der Waals surface area (Å²) in [6, 6.07) is 32.5. The van der Waals surface area contributed by atoms with Gasteiger partial charge in [-0.15, -0.1) is 0 Å². The first kappa shape index (κ1) is 39.2. The Balaban J connectivity index is 0.000000122. The van der Waals surface area contributed by atoms with Crippen molar-refractivity contribution in [2.24, 2.45) is 28.4 Å². The van der Waals surface area contributed by atoms with Crippen LogP contribution in [0, 0.1) is 22.7 Å². The van der Waals surface area contributed by atoms with Gasteiger partial charge in [-0.1, -0.05) is 84.9 Å². The number of hydrogen-bond donors (Lipinski definition) is 5. The molecule has 6 aromatic rings. The van der Waals surface area contributed by atoms with Crippen LogP contribution in [0.3, 0.4) is 0 Å². The number of carboxylic acids is 1. The topological polar surface area (TPSA) is 184 Å². The van der Waals surface area contributed by atoms with Gasteiger partial charge in [0.15, 0.2) is 0 Å². The van der Waals surface area contributed by atoms with E-state index in [-0.39, 0.29) is 28.9 Å². The van der Waals surface area contributed by atoms with E-state index in [0.717, 1.165) is 84.3 Å². The molecule has 4 aromatic carbocycles. The third-order valence-corrected chi connectivity index (χ3v) is 14.9. The molecule has 2 spiro atoms. The smallest absolute Gasteiger partial charge is 0.307 e. The summed E-state index contributed by atoms with van der Waals surface area (Å²) in [6.45, 7) is 0. The molecule has 12 rings (SSSR count). The van der Waals surface area contributed by atoms with Crippen molar-refractivity contribution in [3.63, 3.8) is 0 Å². The molecule has 0 unspecified atom stereocenters. The average molecular weight is 817 g/mol. The maximum absolute atomic E-state index is 12.7. The first-order chi connectivity index (χ1) is 29.5. The van der Waals surface area contributed by atoms with E-state index >= 15 is 0 Å². The van der Waals surface area contributed by atoms with E-state index < -0.39 is 5.97 Å². The molecule has 4 fully saturated rings. The highest BCUT2D eigenvalue weighted by atomic mass is 16.4. The Morgan fingerprint density at radius 1 is 0.557 bits per heavy atom. The van der Waals surface area contributed by atoms with Crippen LogP contribution in [-0.2, 0) is 35.3 Å². The summed E-state index contributed by atoms with van der Waals surface area (Å²) in [7, 11) is 0. The van der Waals surface area contributed by atoms with Crippen molar-refractivity contribution >= 4 is 33.4 Å². The predicted octanol–water partition coefficient (Wildman–Crippen LogP) is 6.87. The quantitative estimate of drug-likeness (QED) is 0.125. The lowest BCUT2D eigenvalue weighted by Crippen LogP contribution is -2.56. The maximum atomic E-state index is 12.7. The summed E-state index contributed by atoms with van der Waals surface area (Å²) in [5.41, 5.74) is 13.6. The second-order valence-corrected chi connectivity index (χ2v) is 19.0. The van der Waals surface area contributed by atoms with Gasteiger partial charge in [-0.3, -0.25) is 19.2 Å². The number of nitrogens with one attached hydrogen (secondary N) is 3. The van der Waals surface area contributed by atoms with Crippen LogP contribution in [0.2, 0.25) is 0 Å². The Morgan fingerprint density at radius 2 is 0.934 bits per heavy atom. The van der Waals surface area contributed by atoms with E-state index in [0.29, 0.717) is 47.6 Å². The van der Waals surface area contributed by atoms with Crippen molar-refractivity contribution in [3.8, 4) is 0 Å². The summed E-state index contributed by atoms with van der Waals surface area (Å²) < 4.78 is 0. The van der Waals surface area contributed by atoms with Crippen LogP contribution in [0.15, 0.2) is 107 Å². The SMILES string of the molecule is NC1CC2(C1)CC(c1n[nH]c(=O)c3ccccc13)C2.O=C(NC1CC2(C1)CC(c1n[nH]c(=O)c3ccccc13)C2)C1Cc2ccccc2C1.O=C(O)C1Cc2ccccc2C1. The van der Waals surface area contributed by atoms with Crippen molar-refractivity contribution in [1.29, 1.82) is 0 Å². The average Bonchev–Trinajstić information content (AvgIpc) is 3.86. The number of aromatic amines is 2. The molecule has 0 radical (unpaired) electrons. The van der Waals surface area contributed by atoms with Crippen LogP contribution in [0.4, 0.5) is 0 Å². The van der Waals surface area contributed by atoms with Crippen LogP contribution in [0.1, 0.15) is 96.8 Å². The number of carbonyl (C=O) groups is 2. The van der Waals surface area contributed by atoms with Gasteiger partial charge in [0.1, 0.15) is 0 Å². The monoisotopic (exact) mass is 816 g/mol. The van der Waals surface area contributed by atoms with Gasteiger partial charge >= 0.3 is 5.97 Å². The van der Waals surface area contributed by atoms with Gasteiger partial charge in [0.2, 0.25) is 5.91 Å². The molecule has 312 valence electrons. The molecule has 0 aliphatic heterocycles. The van der Waals surface area contributed by atoms with Gasteiger partial charge < -0.3 is 16.2 Å². The lowest BCUT2D eigenvalue weighted by molar-refractivity contribution is -0.141. The molecule has 2 heterocycles. The fraction of sp³-hybridized carbons (Fsp3) is 0.400. The van der Waals surface area contributed by atoms with E-state index in [1.807, 2.05) is 72.8 Å². The Bertz CT molecular complexity index is 2720. The molecule has 0 bridgehead atoms. The zero-order chi connectivity index (χ0) is 41.9. The molecule has 6 N–H and O–H groups in total. The second-order valence-electron chi connectivity index (χ2n) is 19.0. The molecule has 1 amide bonds. The summed E-state index contributed by atoms with van der Waals surface area (Å²) >= 11 is 0. The van der Waals surface area contributed by atoms with Gasteiger partial charge in [0.25, 0.3) is 11.1 Å². The van der Waals surface area contributed by atoms with Gasteiger partial charge in [-0.2, -0.15) is 10.2 Å². The van der Waals surface area contributed by atoms with Gasteiger partial charge in [0, 0.05) is 40.6 Å². The number of fused-ring (bicyclic) bond motifs is 4. The van der Waals surface area contributed by atoms with Crippen LogP contribution in [0.25, 0.3) is 21.5 Å². The zero-order valence-electron chi connectivity index (χ0n) is 34.2. The Labute approximate surface area is 353 Å². The Morgan fingerprint density at radius 3 is 1.34 bits per heavy atom. The Hall–Kier alpha value is -5.94. The van der Waals surface area contributed by atoms with Crippen LogP contribution in [0.5, 0.6) is 0 Å². The Kier molecular flexibility index (Phi) is 9.97. The van der Waals surface area contributed by atoms with Crippen LogP contribution >= 0.6 is 0 Å². The highest BCUT2D eigenvalue weighted by Crippen LogP contribution is 2.63. The number of aliphatic carboxylic acids is 1. The minimum absolute atomic E-state index is 0.0878. The molecule has 2 aromatic heterocycles. The predicted molar refractivity (Wildman–Crippen MR) is 234 cm³/mol. The normalized spacial score (nSPS) is 27.0. The number of nitrogens with two attached hydrogens (primary N) is 1. The maximum Gasteiger partial charge on any atom is 0.307 e. The molecule has 6 aliphatic carbocycles. The number of nitrogens with zero attached hydrogens (tertiary/aromatic N) is 2. The number of H-pyrrole nitrogens is 2. The fourth-order valence-corrected chi connectivity index (χ4v) is 11.9. The molecule has 4 saturated carbocycles.